The van der Waals surface area contributed by atoms with Gasteiger partial charge in [-0.2, -0.15) is 0 Å². The minimum atomic E-state index is -3.78. The predicted molar refractivity (Wildman–Crippen MR) is 120 cm³/mol. The second-order valence-electron chi connectivity index (χ2n) is 7.01. The number of rotatable bonds is 8. The SMILES string of the molecule is CCOC(=O)Cc1ccc(N(Cc2cccs2)S(=O)(=O)c2cc(C)ccc2C)cc1. The summed E-state index contributed by atoms with van der Waals surface area (Å²) in [4.78, 5) is 13.0. The van der Waals surface area contributed by atoms with Gasteiger partial charge >= 0.3 is 5.97 Å². The van der Waals surface area contributed by atoms with Gasteiger partial charge in [-0.05, 0) is 67.1 Å². The lowest BCUT2D eigenvalue weighted by Crippen LogP contribution is -2.31. The maximum atomic E-state index is 13.6. The number of thiophene rings is 1. The summed E-state index contributed by atoms with van der Waals surface area (Å²) in [6, 6.07) is 16.3. The van der Waals surface area contributed by atoms with Crippen molar-refractivity contribution in [2.24, 2.45) is 0 Å². The third kappa shape index (κ3) is 5.09. The van der Waals surface area contributed by atoms with Gasteiger partial charge in [0.05, 0.1) is 30.2 Å². The number of ether oxygens (including phenoxy) is 1. The number of hydrogen-bond acceptors (Lipinski definition) is 5. The fraction of sp³-hybridized carbons (Fsp3) is 0.261. The predicted octanol–water partition coefficient (Wildman–Crippen LogP) is 4.87. The molecule has 0 bridgehead atoms. The molecular formula is C23H25NO4S2. The van der Waals surface area contributed by atoms with E-state index in [0.717, 1.165) is 16.0 Å². The molecule has 3 rings (SSSR count). The lowest BCUT2D eigenvalue weighted by Gasteiger charge is -2.25. The number of aryl methyl sites for hydroxylation is 2. The van der Waals surface area contributed by atoms with Crippen LogP contribution in [0.4, 0.5) is 5.69 Å². The molecule has 0 saturated heterocycles. The first-order chi connectivity index (χ1) is 14.3. The molecule has 3 aromatic rings. The maximum absolute atomic E-state index is 13.6. The van der Waals surface area contributed by atoms with Crippen LogP contribution in [0.5, 0.6) is 0 Å². The van der Waals surface area contributed by atoms with E-state index in [0.29, 0.717) is 22.8 Å². The monoisotopic (exact) mass is 443 g/mol. The van der Waals surface area contributed by atoms with Crippen molar-refractivity contribution >= 4 is 33.0 Å². The molecule has 7 heteroatoms. The van der Waals surface area contributed by atoms with Crippen LogP contribution in [0, 0.1) is 13.8 Å². The zero-order valence-electron chi connectivity index (χ0n) is 17.3. The van der Waals surface area contributed by atoms with E-state index in [-0.39, 0.29) is 18.9 Å². The summed E-state index contributed by atoms with van der Waals surface area (Å²) in [7, 11) is -3.78. The fourth-order valence-corrected chi connectivity index (χ4v) is 5.65. The molecule has 0 unspecified atom stereocenters. The summed E-state index contributed by atoms with van der Waals surface area (Å²) in [5.74, 6) is -0.302. The number of carbonyl (C=O) groups is 1. The number of nitrogens with zero attached hydrogens (tertiary/aromatic N) is 1. The third-order valence-electron chi connectivity index (χ3n) is 4.67. The number of sulfonamides is 1. The maximum Gasteiger partial charge on any atom is 0.310 e. The van der Waals surface area contributed by atoms with Crippen molar-refractivity contribution in [3.05, 3.63) is 81.5 Å². The van der Waals surface area contributed by atoms with Crippen LogP contribution >= 0.6 is 11.3 Å². The van der Waals surface area contributed by atoms with E-state index in [2.05, 4.69) is 0 Å². The summed E-state index contributed by atoms with van der Waals surface area (Å²) < 4.78 is 33.7. The standard InChI is InChI=1S/C23H25NO4S2/c1-4-28-23(25)15-19-9-11-20(12-10-19)24(16-21-6-5-13-29-21)30(26,27)22-14-17(2)7-8-18(22)3/h5-14H,4,15-16H2,1-3H3. The number of esters is 1. The highest BCUT2D eigenvalue weighted by atomic mass is 32.2. The summed E-state index contributed by atoms with van der Waals surface area (Å²) in [5, 5.41) is 1.93. The van der Waals surface area contributed by atoms with Gasteiger partial charge in [-0.15, -0.1) is 11.3 Å². The zero-order valence-corrected chi connectivity index (χ0v) is 18.9. The van der Waals surface area contributed by atoms with Crippen molar-refractivity contribution in [1.29, 1.82) is 0 Å². The Morgan fingerprint density at radius 1 is 1.07 bits per heavy atom. The molecule has 0 aliphatic carbocycles. The minimum Gasteiger partial charge on any atom is -0.466 e. The van der Waals surface area contributed by atoms with E-state index in [4.69, 9.17) is 4.74 Å². The molecule has 2 aromatic carbocycles. The molecule has 0 amide bonds. The Morgan fingerprint density at radius 3 is 2.43 bits per heavy atom. The molecule has 0 spiro atoms. The molecule has 158 valence electrons. The minimum absolute atomic E-state index is 0.156. The van der Waals surface area contributed by atoms with Gasteiger partial charge in [-0.1, -0.05) is 30.3 Å². The van der Waals surface area contributed by atoms with E-state index in [1.807, 2.05) is 36.6 Å². The van der Waals surface area contributed by atoms with Gasteiger partial charge in [-0.25, -0.2) is 8.42 Å². The first-order valence-corrected chi connectivity index (χ1v) is 12.0. The third-order valence-corrected chi connectivity index (χ3v) is 7.45. The van der Waals surface area contributed by atoms with Crippen molar-refractivity contribution in [3.8, 4) is 0 Å². The van der Waals surface area contributed by atoms with Gasteiger partial charge in [0, 0.05) is 4.88 Å². The van der Waals surface area contributed by atoms with Crippen LogP contribution in [-0.4, -0.2) is 21.0 Å². The van der Waals surface area contributed by atoms with Crippen molar-refractivity contribution in [2.45, 2.75) is 38.6 Å². The Balaban J connectivity index is 1.99. The molecule has 0 aliphatic heterocycles. The topological polar surface area (TPSA) is 63.7 Å². The quantitative estimate of drug-likeness (QED) is 0.466. The highest BCUT2D eigenvalue weighted by Gasteiger charge is 2.27. The Morgan fingerprint density at radius 2 is 1.80 bits per heavy atom. The van der Waals surface area contributed by atoms with Gasteiger partial charge in [0.25, 0.3) is 10.0 Å². The van der Waals surface area contributed by atoms with Crippen LogP contribution in [0.2, 0.25) is 0 Å². The average Bonchev–Trinajstić information content (AvgIpc) is 3.22. The smallest absolute Gasteiger partial charge is 0.310 e. The second-order valence-corrected chi connectivity index (χ2v) is 9.87. The highest BCUT2D eigenvalue weighted by Crippen LogP contribution is 2.29. The van der Waals surface area contributed by atoms with Crippen molar-refractivity contribution in [1.82, 2.24) is 0 Å². The molecule has 1 aromatic heterocycles. The zero-order chi connectivity index (χ0) is 21.7. The van der Waals surface area contributed by atoms with Crippen LogP contribution in [-0.2, 0) is 32.5 Å². The fourth-order valence-electron chi connectivity index (χ4n) is 3.12. The van der Waals surface area contributed by atoms with Gasteiger partial charge in [0.1, 0.15) is 0 Å². The van der Waals surface area contributed by atoms with Gasteiger partial charge in [0.2, 0.25) is 0 Å². The average molecular weight is 444 g/mol. The number of carbonyl (C=O) groups excluding carboxylic acids is 1. The number of hydrogen-bond donors (Lipinski definition) is 0. The molecule has 0 N–H and O–H groups in total. The lowest BCUT2D eigenvalue weighted by atomic mass is 10.1. The van der Waals surface area contributed by atoms with Crippen molar-refractivity contribution in [3.63, 3.8) is 0 Å². The molecule has 0 atom stereocenters. The Kier molecular flexibility index (Phi) is 6.95. The van der Waals surface area contributed by atoms with E-state index in [9.17, 15) is 13.2 Å². The Bertz CT molecular complexity index is 1100. The van der Waals surface area contributed by atoms with Gasteiger partial charge < -0.3 is 4.74 Å². The Hall–Kier alpha value is -2.64. The first-order valence-electron chi connectivity index (χ1n) is 9.68. The summed E-state index contributed by atoms with van der Waals surface area (Å²) in [6.45, 7) is 6.02. The molecule has 0 radical (unpaired) electrons. The molecule has 0 fully saturated rings. The van der Waals surface area contributed by atoms with E-state index in [1.165, 1.54) is 15.6 Å². The molecule has 0 aliphatic rings. The van der Waals surface area contributed by atoms with Crippen molar-refractivity contribution in [2.75, 3.05) is 10.9 Å². The van der Waals surface area contributed by atoms with Gasteiger partial charge in [-0.3, -0.25) is 9.10 Å². The number of anilines is 1. The summed E-state index contributed by atoms with van der Waals surface area (Å²) >= 11 is 1.51. The normalized spacial score (nSPS) is 11.3. The lowest BCUT2D eigenvalue weighted by molar-refractivity contribution is -0.142. The largest absolute Gasteiger partial charge is 0.466 e. The van der Waals surface area contributed by atoms with E-state index in [1.54, 1.807) is 44.2 Å². The first kappa shape index (κ1) is 22.1. The molecular weight excluding hydrogens is 418 g/mol. The highest BCUT2D eigenvalue weighted by molar-refractivity contribution is 7.92. The van der Waals surface area contributed by atoms with Crippen LogP contribution in [0.25, 0.3) is 0 Å². The van der Waals surface area contributed by atoms with E-state index >= 15 is 0 Å². The van der Waals surface area contributed by atoms with Crippen LogP contribution in [0.1, 0.15) is 28.5 Å². The van der Waals surface area contributed by atoms with Crippen molar-refractivity contribution < 1.29 is 17.9 Å². The molecule has 5 nitrogen and oxygen atoms in total. The van der Waals surface area contributed by atoms with Crippen LogP contribution < -0.4 is 4.31 Å². The molecule has 0 saturated carbocycles. The number of benzene rings is 2. The summed E-state index contributed by atoms with van der Waals surface area (Å²) in [6.07, 6.45) is 0.156. The van der Waals surface area contributed by atoms with E-state index < -0.39 is 10.0 Å². The molecule has 30 heavy (non-hydrogen) atoms. The van der Waals surface area contributed by atoms with Gasteiger partial charge in [0.15, 0.2) is 0 Å². The van der Waals surface area contributed by atoms with Crippen LogP contribution in [0.15, 0.2) is 64.9 Å². The van der Waals surface area contributed by atoms with Crippen LogP contribution in [0.3, 0.4) is 0 Å². The second kappa shape index (κ2) is 9.45. The summed E-state index contributed by atoms with van der Waals surface area (Å²) in [5.41, 5.74) is 2.92. The molecule has 1 heterocycles. The Labute approximate surface area is 182 Å².